The van der Waals surface area contributed by atoms with Gasteiger partial charge in [-0.25, -0.2) is 13.2 Å². The molecule has 0 heterocycles. The molecule has 1 amide bonds. The van der Waals surface area contributed by atoms with Crippen LogP contribution in [0.1, 0.15) is 32.3 Å². The van der Waals surface area contributed by atoms with E-state index in [1.54, 1.807) is 69.3 Å². The third kappa shape index (κ3) is 3.67. The Labute approximate surface area is 164 Å². The number of rotatable bonds is 5. The zero-order chi connectivity index (χ0) is 20.6. The summed E-state index contributed by atoms with van der Waals surface area (Å²) in [4.78, 5) is 24.6. The van der Waals surface area contributed by atoms with Crippen molar-refractivity contribution in [1.29, 1.82) is 0 Å². The predicted octanol–water partition coefficient (Wildman–Crippen LogP) is 3.09. The molecule has 148 valence electrons. The lowest BCUT2D eigenvalue weighted by Crippen LogP contribution is -2.45. The van der Waals surface area contributed by atoms with Crippen molar-refractivity contribution in [1.82, 2.24) is 5.32 Å². The van der Waals surface area contributed by atoms with E-state index in [9.17, 15) is 18.0 Å². The van der Waals surface area contributed by atoms with Gasteiger partial charge in [0.05, 0.1) is 4.90 Å². The molecule has 2 aromatic rings. The smallest absolute Gasteiger partial charge is 0.408 e. The first-order chi connectivity index (χ1) is 13.1. The Kier molecular flexibility index (Phi) is 5.06. The summed E-state index contributed by atoms with van der Waals surface area (Å²) >= 11 is 0. The van der Waals surface area contributed by atoms with Crippen LogP contribution in [-0.2, 0) is 19.4 Å². The molecule has 0 aliphatic heterocycles. The van der Waals surface area contributed by atoms with E-state index in [4.69, 9.17) is 4.74 Å². The van der Waals surface area contributed by atoms with E-state index < -0.39 is 38.2 Å². The van der Waals surface area contributed by atoms with Crippen LogP contribution in [0.25, 0.3) is 0 Å². The fraction of sp³-hybridized carbons (Fsp3) is 0.333. The fourth-order valence-corrected chi connectivity index (χ4v) is 5.74. The maximum Gasteiger partial charge on any atom is 0.408 e. The number of benzene rings is 2. The van der Waals surface area contributed by atoms with Crippen LogP contribution in [0.3, 0.4) is 0 Å². The minimum Gasteiger partial charge on any atom is -0.444 e. The van der Waals surface area contributed by atoms with Gasteiger partial charge >= 0.3 is 6.09 Å². The van der Waals surface area contributed by atoms with E-state index in [0.717, 1.165) is 0 Å². The molecule has 0 unspecified atom stereocenters. The van der Waals surface area contributed by atoms with Crippen molar-refractivity contribution in [3.05, 3.63) is 66.2 Å². The lowest BCUT2D eigenvalue weighted by atomic mass is 10.1. The maximum atomic E-state index is 13.3. The van der Waals surface area contributed by atoms with Gasteiger partial charge in [0.2, 0.25) is 0 Å². The van der Waals surface area contributed by atoms with Crippen LogP contribution >= 0.6 is 0 Å². The average Bonchev–Trinajstić information content (AvgIpc) is 3.31. The lowest BCUT2D eigenvalue weighted by molar-refractivity contribution is -0.110. The first-order valence-electron chi connectivity index (χ1n) is 8.93. The molecule has 0 spiro atoms. The zero-order valence-electron chi connectivity index (χ0n) is 16.0. The highest BCUT2D eigenvalue weighted by molar-refractivity contribution is 7.92. The predicted molar refractivity (Wildman–Crippen MR) is 105 cm³/mol. The molecule has 1 aliphatic rings. The Morgan fingerprint density at radius 3 is 2.07 bits per heavy atom. The van der Waals surface area contributed by atoms with Crippen LogP contribution in [0.15, 0.2) is 65.6 Å². The van der Waals surface area contributed by atoms with E-state index in [2.05, 4.69) is 5.32 Å². The minimum atomic E-state index is -3.87. The molecule has 1 N–H and O–H groups in total. The largest absolute Gasteiger partial charge is 0.444 e. The van der Waals surface area contributed by atoms with Crippen molar-refractivity contribution in [3.63, 3.8) is 0 Å². The summed E-state index contributed by atoms with van der Waals surface area (Å²) in [6, 6.07) is 16.8. The summed E-state index contributed by atoms with van der Waals surface area (Å²) in [7, 11) is -3.87. The summed E-state index contributed by atoms with van der Waals surface area (Å²) in [5.74, 6) is -0.705. The van der Waals surface area contributed by atoms with Crippen molar-refractivity contribution in [2.24, 2.45) is 0 Å². The summed E-state index contributed by atoms with van der Waals surface area (Å²) in [5, 5.41) is 1.42. The number of nitrogens with one attached hydrogen (secondary N) is 1. The van der Waals surface area contributed by atoms with Gasteiger partial charge in [0, 0.05) is 5.92 Å². The molecule has 2 aromatic carbocycles. The van der Waals surface area contributed by atoms with Gasteiger partial charge in [0.15, 0.2) is 9.84 Å². The first kappa shape index (κ1) is 20.1. The third-order valence-electron chi connectivity index (χ3n) is 4.66. The summed E-state index contributed by atoms with van der Waals surface area (Å²) in [6.07, 6.45) is -0.314. The molecule has 0 radical (unpaired) electrons. The molecule has 28 heavy (non-hydrogen) atoms. The van der Waals surface area contributed by atoms with E-state index >= 15 is 0 Å². The summed E-state index contributed by atoms with van der Waals surface area (Å²) in [6.45, 7) is 5.08. The normalized spacial score (nSPS) is 24.2. The molecule has 0 saturated heterocycles. The number of carbonyl (C=O) groups excluding carboxylic acids is 2. The highest BCUT2D eigenvalue weighted by atomic mass is 32.2. The fourth-order valence-electron chi connectivity index (χ4n) is 3.48. The quantitative estimate of drug-likeness (QED) is 0.778. The molecule has 0 aromatic heterocycles. The zero-order valence-corrected chi connectivity index (χ0v) is 16.8. The Balaban J connectivity index is 2.03. The van der Waals surface area contributed by atoms with Crippen LogP contribution in [0.5, 0.6) is 0 Å². The standard InChI is InChI=1S/C21H23NO5S/c1-20(2,3)27-19(24)22-21(14-23)17(15-10-6-4-7-11-15)18(21)28(25,26)16-12-8-5-9-13-16/h4-14,17-18H,1-3H3,(H,22,24)/t17-,18-,21-/m0/s1. The number of aldehydes is 1. The number of carbonyl (C=O) groups is 2. The Hall–Kier alpha value is -2.67. The van der Waals surface area contributed by atoms with Gasteiger partial charge in [-0.3, -0.25) is 0 Å². The molecule has 1 saturated carbocycles. The van der Waals surface area contributed by atoms with Crippen molar-refractivity contribution >= 4 is 22.2 Å². The second-order valence-corrected chi connectivity index (χ2v) is 9.91. The Morgan fingerprint density at radius 1 is 1.04 bits per heavy atom. The molecule has 7 heteroatoms. The van der Waals surface area contributed by atoms with Crippen LogP contribution in [0.4, 0.5) is 4.79 Å². The van der Waals surface area contributed by atoms with Crippen LogP contribution < -0.4 is 5.32 Å². The second-order valence-electron chi connectivity index (χ2n) is 7.84. The van der Waals surface area contributed by atoms with Gasteiger partial charge < -0.3 is 14.8 Å². The van der Waals surface area contributed by atoms with E-state index in [0.29, 0.717) is 11.8 Å². The van der Waals surface area contributed by atoms with Gasteiger partial charge in [-0.15, -0.1) is 0 Å². The Bertz CT molecular complexity index is 967. The number of sulfone groups is 1. The molecule has 6 nitrogen and oxygen atoms in total. The van der Waals surface area contributed by atoms with Gasteiger partial charge in [0.25, 0.3) is 0 Å². The van der Waals surface area contributed by atoms with Crippen molar-refractivity contribution in [2.75, 3.05) is 0 Å². The van der Waals surface area contributed by atoms with Gasteiger partial charge in [-0.2, -0.15) is 0 Å². The molecular weight excluding hydrogens is 378 g/mol. The van der Waals surface area contributed by atoms with Crippen LogP contribution in [0.2, 0.25) is 0 Å². The highest BCUT2D eigenvalue weighted by Gasteiger charge is 2.73. The monoisotopic (exact) mass is 401 g/mol. The van der Waals surface area contributed by atoms with Crippen LogP contribution in [-0.4, -0.2) is 37.2 Å². The van der Waals surface area contributed by atoms with Crippen molar-refractivity contribution < 1.29 is 22.7 Å². The molecule has 1 aliphatic carbocycles. The first-order valence-corrected chi connectivity index (χ1v) is 10.5. The topological polar surface area (TPSA) is 89.5 Å². The SMILES string of the molecule is CC(C)(C)OC(=O)N[C@@]1(C=O)[C@@H](c2ccccc2)[C@@H]1S(=O)(=O)c1ccccc1. The molecule has 3 atom stereocenters. The number of hydrogen-bond acceptors (Lipinski definition) is 5. The van der Waals surface area contributed by atoms with Crippen LogP contribution in [0, 0.1) is 0 Å². The lowest BCUT2D eigenvalue weighted by Gasteiger charge is -2.22. The summed E-state index contributed by atoms with van der Waals surface area (Å²) < 4.78 is 31.8. The van der Waals surface area contributed by atoms with Gasteiger partial charge in [0.1, 0.15) is 22.7 Å². The summed E-state index contributed by atoms with van der Waals surface area (Å²) in [5.41, 5.74) is -1.70. The molecule has 3 rings (SSSR count). The Morgan fingerprint density at radius 2 is 1.57 bits per heavy atom. The van der Waals surface area contributed by atoms with Crippen molar-refractivity contribution in [3.8, 4) is 0 Å². The average molecular weight is 401 g/mol. The number of alkyl carbamates (subject to hydrolysis) is 1. The number of amides is 1. The van der Waals surface area contributed by atoms with E-state index in [1.165, 1.54) is 12.1 Å². The molecule has 0 bridgehead atoms. The maximum absolute atomic E-state index is 13.3. The van der Waals surface area contributed by atoms with Gasteiger partial charge in [-0.1, -0.05) is 48.5 Å². The van der Waals surface area contributed by atoms with E-state index in [-0.39, 0.29) is 4.90 Å². The molecule has 1 fully saturated rings. The highest BCUT2D eigenvalue weighted by Crippen LogP contribution is 2.56. The third-order valence-corrected chi connectivity index (χ3v) is 6.92. The van der Waals surface area contributed by atoms with E-state index in [1.807, 2.05) is 0 Å². The minimum absolute atomic E-state index is 0.107. The number of hydrogen-bond donors (Lipinski definition) is 1. The van der Waals surface area contributed by atoms with Gasteiger partial charge in [-0.05, 0) is 38.5 Å². The number of ether oxygens (including phenoxy) is 1. The molecular formula is C21H23NO5S. The second kappa shape index (κ2) is 7.05. The van der Waals surface area contributed by atoms with Crippen molar-refractivity contribution in [2.45, 2.75) is 48.0 Å².